The van der Waals surface area contributed by atoms with Crippen molar-refractivity contribution >= 4 is 163 Å². The summed E-state index contributed by atoms with van der Waals surface area (Å²) >= 11 is 3.78. The molecule has 6 heteroatoms. The lowest BCUT2D eigenvalue weighted by atomic mass is 9.86. The van der Waals surface area contributed by atoms with Crippen LogP contribution >= 0.6 is 22.7 Å². The van der Waals surface area contributed by atoms with Gasteiger partial charge in [0, 0.05) is 95.8 Å². The van der Waals surface area contributed by atoms with Gasteiger partial charge in [-0.05, 0) is 129 Å². The van der Waals surface area contributed by atoms with Crippen LogP contribution in [-0.4, -0.2) is 0 Å². The lowest BCUT2D eigenvalue weighted by molar-refractivity contribution is 0.572. The van der Waals surface area contributed by atoms with E-state index in [2.05, 4.69) is 258 Å². The highest BCUT2D eigenvalue weighted by atomic mass is 32.1. The second-order valence-corrected chi connectivity index (χ2v) is 24.7. The lowest BCUT2D eigenvalue weighted by Crippen LogP contribution is -2.11. The normalized spacial score (nSPS) is 12.6. The zero-order chi connectivity index (χ0) is 51.2. The van der Waals surface area contributed by atoms with E-state index < -0.39 is 0 Å². The standard InChI is InChI=1S/C70H52N2O2S2/c1-69(2,3)55-25-13-21-49-51-23-15-27-57(67(51)73-65(49)55)71(45-17-9-7-10-18-45)47-31-29-41-37-53-61(39-43(41)35-47)75-59-33-34-60-64(63(53)59)54-38-42-30-32-48(36-44(42)40-62(54)76-60)72(46-19-11-8-12-20-46)58-28-16-24-52-50-22-14-26-56(70(4,5)6)66(50)74-68(52)58/h7-40H,1-6H3. The first-order valence-corrected chi connectivity index (χ1v) is 27.9. The van der Waals surface area contributed by atoms with Gasteiger partial charge in [-0.1, -0.05) is 151 Å². The van der Waals surface area contributed by atoms with Crippen LogP contribution in [0, 0.1) is 0 Å². The molecule has 0 bridgehead atoms. The van der Waals surface area contributed by atoms with Gasteiger partial charge in [0.05, 0.1) is 11.4 Å². The van der Waals surface area contributed by atoms with Gasteiger partial charge in [0.1, 0.15) is 11.2 Å². The molecular formula is C70H52N2O2S2. The number of anilines is 6. The SMILES string of the molecule is CC(C)(C)c1cccc2c1oc1c(N(c3ccccc3)c3ccc4cc5c(cc4c3)sc3ccc4sc6cc7cc(N(c8ccccc8)c8cccc9c8oc8c(C(C)(C)C)cccc89)ccc7cc6c4c35)cccc12. The number of benzene rings is 11. The predicted molar refractivity (Wildman–Crippen MR) is 329 cm³/mol. The molecule has 4 aromatic heterocycles. The maximum Gasteiger partial charge on any atom is 0.159 e. The number of rotatable bonds is 6. The molecule has 15 aromatic rings. The zero-order valence-corrected chi connectivity index (χ0v) is 44.8. The fourth-order valence-corrected chi connectivity index (χ4v) is 14.3. The minimum atomic E-state index is -0.0665. The first kappa shape index (κ1) is 45.0. The summed E-state index contributed by atoms with van der Waals surface area (Å²) in [7, 11) is 0. The molecule has 0 radical (unpaired) electrons. The third-order valence-corrected chi connectivity index (χ3v) is 17.8. The average Bonchev–Trinajstić information content (AvgIpc) is 4.20. The van der Waals surface area contributed by atoms with Crippen LogP contribution in [0.2, 0.25) is 0 Å². The average molecular weight is 1020 g/mol. The van der Waals surface area contributed by atoms with Crippen molar-refractivity contribution in [3.8, 4) is 0 Å². The van der Waals surface area contributed by atoms with Crippen LogP contribution in [0.5, 0.6) is 0 Å². The Labute approximate surface area is 448 Å². The Kier molecular flexibility index (Phi) is 9.80. The predicted octanol–water partition coefficient (Wildman–Crippen LogP) is 22.1. The number of furan rings is 2. The smallest absolute Gasteiger partial charge is 0.159 e. The van der Waals surface area contributed by atoms with Crippen molar-refractivity contribution in [2.75, 3.05) is 9.80 Å². The first-order chi connectivity index (χ1) is 36.9. The lowest BCUT2D eigenvalue weighted by Gasteiger charge is -2.26. The van der Waals surface area contributed by atoms with E-state index in [0.29, 0.717) is 0 Å². The van der Waals surface area contributed by atoms with Gasteiger partial charge < -0.3 is 18.6 Å². The molecule has 76 heavy (non-hydrogen) atoms. The van der Waals surface area contributed by atoms with E-state index in [1.807, 2.05) is 22.7 Å². The Hall–Kier alpha value is -8.42. The maximum atomic E-state index is 6.96. The van der Waals surface area contributed by atoms with Crippen molar-refractivity contribution in [1.82, 2.24) is 0 Å². The monoisotopic (exact) mass is 1020 g/mol. The summed E-state index contributed by atoms with van der Waals surface area (Å²) < 4.78 is 19.1. The molecule has 366 valence electrons. The molecule has 0 aliphatic carbocycles. The van der Waals surface area contributed by atoms with Gasteiger partial charge in [-0.3, -0.25) is 0 Å². The van der Waals surface area contributed by atoms with Crippen LogP contribution in [0.25, 0.3) is 106 Å². The van der Waals surface area contributed by atoms with E-state index in [9.17, 15) is 0 Å². The largest absolute Gasteiger partial charge is 0.454 e. The van der Waals surface area contributed by atoms with Gasteiger partial charge in [0.25, 0.3) is 0 Å². The van der Waals surface area contributed by atoms with Crippen LogP contribution < -0.4 is 9.80 Å². The second kappa shape index (κ2) is 16.5. The number of para-hydroxylation sites is 6. The third kappa shape index (κ3) is 6.94. The molecule has 0 saturated carbocycles. The summed E-state index contributed by atoms with van der Waals surface area (Å²) in [6, 6.07) is 75.7. The van der Waals surface area contributed by atoms with E-state index in [4.69, 9.17) is 8.83 Å². The number of fused-ring (bicyclic) bond motifs is 15. The molecule has 11 aromatic carbocycles. The highest BCUT2D eigenvalue weighted by molar-refractivity contribution is 7.28. The van der Waals surface area contributed by atoms with Crippen molar-refractivity contribution < 1.29 is 8.83 Å². The van der Waals surface area contributed by atoms with Crippen LogP contribution in [-0.2, 0) is 10.8 Å². The molecule has 0 saturated heterocycles. The van der Waals surface area contributed by atoms with E-state index in [0.717, 1.165) is 78.0 Å². The molecule has 0 fully saturated rings. The third-order valence-electron chi connectivity index (χ3n) is 15.6. The number of hydrogen-bond donors (Lipinski definition) is 0. The van der Waals surface area contributed by atoms with Gasteiger partial charge in [-0.15, -0.1) is 22.7 Å². The second-order valence-electron chi connectivity index (χ2n) is 22.5. The molecule has 0 spiro atoms. The molecule has 0 N–H and O–H groups in total. The van der Waals surface area contributed by atoms with Gasteiger partial charge >= 0.3 is 0 Å². The van der Waals surface area contributed by atoms with Crippen LogP contribution in [0.1, 0.15) is 52.7 Å². The molecule has 0 aliphatic heterocycles. The van der Waals surface area contributed by atoms with Crippen LogP contribution in [0.3, 0.4) is 0 Å². The van der Waals surface area contributed by atoms with E-state index in [-0.39, 0.29) is 10.8 Å². The van der Waals surface area contributed by atoms with Crippen molar-refractivity contribution in [3.05, 3.63) is 217 Å². The molecule has 0 amide bonds. The van der Waals surface area contributed by atoms with Gasteiger partial charge in [-0.25, -0.2) is 0 Å². The van der Waals surface area contributed by atoms with Crippen LogP contribution in [0.4, 0.5) is 34.1 Å². The number of hydrogen-bond acceptors (Lipinski definition) is 6. The molecule has 4 nitrogen and oxygen atoms in total. The zero-order valence-electron chi connectivity index (χ0n) is 43.2. The molecule has 0 atom stereocenters. The summed E-state index contributed by atoms with van der Waals surface area (Å²) in [5, 5.41) is 14.6. The van der Waals surface area contributed by atoms with Crippen molar-refractivity contribution in [2.24, 2.45) is 0 Å². The fourth-order valence-electron chi connectivity index (χ4n) is 12.0. The topological polar surface area (TPSA) is 32.8 Å². The molecule has 15 rings (SSSR count). The number of nitrogens with zero attached hydrogens (tertiary/aromatic N) is 2. The van der Waals surface area contributed by atoms with Crippen molar-refractivity contribution in [3.63, 3.8) is 0 Å². The first-order valence-electron chi connectivity index (χ1n) is 26.2. The summed E-state index contributed by atoms with van der Waals surface area (Å²) in [6.07, 6.45) is 0. The minimum absolute atomic E-state index is 0.0665. The Morgan fingerprint density at radius 1 is 0.303 bits per heavy atom. The van der Waals surface area contributed by atoms with Crippen molar-refractivity contribution in [1.29, 1.82) is 0 Å². The molecular weight excluding hydrogens is 965 g/mol. The minimum Gasteiger partial charge on any atom is -0.454 e. The quantitative estimate of drug-likeness (QED) is 0.166. The van der Waals surface area contributed by atoms with Crippen molar-refractivity contribution in [2.45, 2.75) is 52.4 Å². The Morgan fingerprint density at radius 2 is 0.697 bits per heavy atom. The van der Waals surface area contributed by atoms with Gasteiger partial charge in [0.15, 0.2) is 11.2 Å². The Balaban J connectivity index is 0.855. The Bertz CT molecular complexity index is 4540. The van der Waals surface area contributed by atoms with Gasteiger partial charge in [0.2, 0.25) is 0 Å². The van der Waals surface area contributed by atoms with E-state index >= 15 is 0 Å². The van der Waals surface area contributed by atoms with E-state index in [1.54, 1.807) is 0 Å². The summed E-state index contributed by atoms with van der Waals surface area (Å²) in [5.41, 5.74) is 12.3. The fraction of sp³-hybridized carbons (Fsp3) is 0.114. The maximum absolute atomic E-state index is 6.96. The van der Waals surface area contributed by atoms with Crippen LogP contribution in [0.15, 0.2) is 215 Å². The Morgan fingerprint density at radius 3 is 1.11 bits per heavy atom. The summed E-state index contributed by atoms with van der Waals surface area (Å²) in [6.45, 7) is 13.5. The molecule has 0 aliphatic rings. The number of thiophene rings is 2. The van der Waals surface area contributed by atoms with Gasteiger partial charge in [-0.2, -0.15) is 0 Å². The molecule has 4 heterocycles. The molecule has 0 unspecified atom stereocenters. The highest BCUT2D eigenvalue weighted by Gasteiger charge is 2.27. The van der Waals surface area contributed by atoms with E-state index in [1.165, 1.54) is 73.0 Å². The highest BCUT2D eigenvalue weighted by Crippen LogP contribution is 2.50. The summed E-state index contributed by atoms with van der Waals surface area (Å²) in [4.78, 5) is 4.71. The summed E-state index contributed by atoms with van der Waals surface area (Å²) in [5.74, 6) is 0.